The maximum absolute atomic E-state index is 12.1. The fraction of sp³-hybridized carbons (Fsp3) is 0.714. The minimum Gasteiger partial charge on any atom is -0.444 e. The summed E-state index contributed by atoms with van der Waals surface area (Å²) in [7, 11) is 4.02. The first-order valence-electron chi connectivity index (χ1n) is 10.5. The van der Waals surface area contributed by atoms with Crippen molar-refractivity contribution < 1.29 is 9.53 Å². The Morgan fingerprint density at radius 1 is 1.38 bits per heavy atom. The van der Waals surface area contributed by atoms with Gasteiger partial charge in [-0.05, 0) is 64.6 Å². The molecule has 0 radical (unpaired) electrons. The van der Waals surface area contributed by atoms with Crippen molar-refractivity contribution in [3.8, 4) is 0 Å². The number of aliphatic imine (C=N–C) groups is 1. The zero-order valence-corrected chi connectivity index (χ0v) is 19.1. The lowest BCUT2D eigenvalue weighted by Crippen LogP contribution is -2.63. The summed E-state index contributed by atoms with van der Waals surface area (Å²) in [5, 5.41) is 9.11. The summed E-state index contributed by atoms with van der Waals surface area (Å²) in [6.07, 6.45) is 2.19. The fourth-order valence-corrected chi connectivity index (χ4v) is 5.03. The van der Waals surface area contributed by atoms with Crippen molar-refractivity contribution in [2.24, 2.45) is 10.9 Å². The number of hydrogen-bond acceptors (Lipinski definition) is 5. The second-order valence-corrected chi connectivity index (χ2v) is 10.0. The molecule has 1 aromatic rings. The molecule has 2 saturated heterocycles. The highest BCUT2D eigenvalue weighted by atomic mass is 32.1. The van der Waals surface area contributed by atoms with Gasteiger partial charge < -0.3 is 20.3 Å². The molecule has 3 heterocycles. The van der Waals surface area contributed by atoms with Crippen LogP contribution in [0.25, 0.3) is 0 Å². The quantitative estimate of drug-likeness (QED) is 0.578. The smallest absolute Gasteiger partial charge is 0.410 e. The average Bonchev–Trinajstić information content (AvgIpc) is 3.12. The van der Waals surface area contributed by atoms with Crippen LogP contribution in [0.1, 0.15) is 44.5 Å². The first kappa shape index (κ1) is 21.9. The lowest BCUT2D eigenvalue weighted by Gasteiger charge is -2.41. The topological polar surface area (TPSA) is 69.2 Å². The van der Waals surface area contributed by atoms with Crippen LogP contribution in [0.3, 0.4) is 0 Å². The molecule has 2 aliphatic heterocycles. The molecule has 2 atom stereocenters. The number of likely N-dealkylation sites (tertiary alicyclic amines) is 2. The first-order valence-corrected chi connectivity index (χ1v) is 11.3. The molecule has 0 aromatic carbocycles. The van der Waals surface area contributed by atoms with Crippen molar-refractivity contribution in [1.29, 1.82) is 0 Å². The summed E-state index contributed by atoms with van der Waals surface area (Å²) in [6.45, 7) is 8.97. The van der Waals surface area contributed by atoms with Crippen molar-refractivity contribution in [3.63, 3.8) is 0 Å². The molecule has 0 spiro atoms. The number of hydrogen-bond donors (Lipinski definition) is 2. The SMILES string of the molecule is CN=C(NCC1CCCN(C)C1c1cccs1)NC1CN(C(=O)OC(C)(C)C)C1. The van der Waals surface area contributed by atoms with Gasteiger partial charge in [0.25, 0.3) is 0 Å². The molecule has 2 fully saturated rings. The second kappa shape index (κ2) is 9.34. The number of ether oxygens (including phenoxy) is 1. The predicted molar refractivity (Wildman–Crippen MR) is 119 cm³/mol. The van der Waals surface area contributed by atoms with Gasteiger partial charge >= 0.3 is 6.09 Å². The Morgan fingerprint density at radius 3 is 2.76 bits per heavy atom. The maximum atomic E-state index is 12.1. The molecule has 2 unspecified atom stereocenters. The Bertz CT molecular complexity index is 694. The standard InChI is InChI=1S/C21H35N5O2S/c1-21(2,3)28-20(27)26-13-16(14-26)24-19(22-4)23-12-15-8-6-10-25(5)18(15)17-9-7-11-29-17/h7,9,11,15-16,18H,6,8,10,12-14H2,1-5H3,(H2,22,23,24). The summed E-state index contributed by atoms with van der Waals surface area (Å²) >= 11 is 1.84. The van der Waals surface area contributed by atoms with Crippen LogP contribution in [0.15, 0.2) is 22.5 Å². The van der Waals surface area contributed by atoms with Gasteiger partial charge in [-0.1, -0.05) is 6.07 Å². The minimum atomic E-state index is -0.459. The summed E-state index contributed by atoms with van der Waals surface area (Å²) < 4.78 is 5.42. The van der Waals surface area contributed by atoms with Gasteiger partial charge in [-0.25, -0.2) is 4.79 Å². The molecule has 1 amide bonds. The Balaban J connectivity index is 1.47. The van der Waals surface area contributed by atoms with E-state index in [0.717, 1.165) is 19.0 Å². The molecule has 7 nitrogen and oxygen atoms in total. The molecule has 1 aromatic heterocycles. The number of thiophene rings is 1. The molecule has 8 heteroatoms. The third-order valence-corrected chi connectivity index (χ3v) is 6.41. The van der Waals surface area contributed by atoms with Crippen molar-refractivity contribution in [3.05, 3.63) is 22.4 Å². The molecule has 29 heavy (non-hydrogen) atoms. The van der Waals surface area contributed by atoms with Gasteiger partial charge in [0.15, 0.2) is 5.96 Å². The number of carbonyl (C=O) groups excluding carboxylic acids is 1. The van der Waals surface area contributed by atoms with Crippen molar-refractivity contribution in [1.82, 2.24) is 20.4 Å². The van der Waals surface area contributed by atoms with E-state index in [1.54, 1.807) is 11.9 Å². The molecular formula is C21H35N5O2S. The summed E-state index contributed by atoms with van der Waals surface area (Å²) in [5.74, 6) is 1.35. The molecule has 2 N–H and O–H groups in total. The highest BCUT2D eigenvalue weighted by Crippen LogP contribution is 2.36. The van der Waals surface area contributed by atoms with Crippen molar-refractivity contribution in [2.75, 3.05) is 40.3 Å². The van der Waals surface area contributed by atoms with E-state index < -0.39 is 5.60 Å². The largest absolute Gasteiger partial charge is 0.444 e. The van der Waals surface area contributed by atoms with E-state index in [1.807, 2.05) is 32.1 Å². The van der Waals surface area contributed by atoms with Gasteiger partial charge in [0.2, 0.25) is 0 Å². The Labute approximate surface area is 178 Å². The minimum absolute atomic E-state index is 0.204. The predicted octanol–water partition coefficient (Wildman–Crippen LogP) is 2.92. The second-order valence-electron chi connectivity index (χ2n) is 9.02. The van der Waals surface area contributed by atoms with Gasteiger partial charge in [-0.15, -0.1) is 11.3 Å². The van der Waals surface area contributed by atoms with Gasteiger partial charge in [0.1, 0.15) is 5.60 Å². The average molecular weight is 422 g/mol. The Kier molecular flexibility index (Phi) is 7.05. The van der Waals surface area contributed by atoms with Crippen LogP contribution in [0.4, 0.5) is 4.79 Å². The third-order valence-electron chi connectivity index (χ3n) is 5.47. The number of guanidine groups is 1. The van der Waals surface area contributed by atoms with Gasteiger partial charge in [0.05, 0.1) is 6.04 Å². The number of nitrogens with zero attached hydrogens (tertiary/aromatic N) is 3. The lowest BCUT2D eigenvalue weighted by molar-refractivity contribution is 0.00699. The summed E-state index contributed by atoms with van der Waals surface area (Å²) in [4.78, 5) is 22.1. The van der Waals surface area contributed by atoms with Crippen LogP contribution in [-0.2, 0) is 4.74 Å². The normalized spacial score (nSPS) is 24.2. The van der Waals surface area contributed by atoms with Gasteiger partial charge in [-0.3, -0.25) is 9.89 Å². The van der Waals surface area contributed by atoms with Crippen LogP contribution >= 0.6 is 11.3 Å². The van der Waals surface area contributed by atoms with E-state index in [1.165, 1.54) is 17.7 Å². The Morgan fingerprint density at radius 2 is 2.14 bits per heavy atom. The Hall–Kier alpha value is -1.80. The molecule has 0 bridgehead atoms. The van der Waals surface area contributed by atoms with E-state index >= 15 is 0 Å². The number of piperidine rings is 1. The van der Waals surface area contributed by atoms with Crippen LogP contribution in [0.5, 0.6) is 0 Å². The highest BCUT2D eigenvalue weighted by Gasteiger charge is 2.35. The number of rotatable bonds is 4. The molecule has 162 valence electrons. The van der Waals surface area contributed by atoms with Crippen LogP contribution in [0, 0.1) is 5.92 Å². The van der Waals surface area contributed by atoms with Crippen molar-refractivity contribution in [2.45, 2.75) is 51.3 Å². The van der Waals surface area contributed by atoms with Crippen LogP contribution in [0.2, 0.25) is 0 Å². The van der Waals surface area contributed by atoms with E-state index in [0.29, 0.717) is 25.0 Å². The summed E-state index contributed by atoms with van der Waals surface area (Å²) in [5.41, 5.74) is -0.459. The van der Waals surface area contributed by atoms with E-state index in [2.05, 4.69) is 45.1 Å². The van der Waals surface area contributed by atoms with Crippen molar-refractivity contribution >= 4 is 23.4 Å². The zero-order chi connectivity index (χ0) is 21.0. The summed E-state index contributed by atoms with van der Waals surface area (Å²) in [6, 6.07) is 5.05. The number of carbonyl (C=O) groups is 1. The first-order chi connectivity index (χ1) is 13.8. The molecule has 3 rings (SSSR count). The third kappa shape index (κ3) is 5.85. The van der Waals surface area contributed by atoms with E-state index in [9.17, 15) is 4.79 Å². The zero-order valence-electron chi connectivity index (χ0n) is 18.3. The molecule has 2 aliphatic rings. The van der Waals surface area contributed by atoms with E-state index in [-0.39, 0.29) is 12.1 Å². The fourth-order valence-electron chi connectivity index (χ4n) is 4.04. The lowest BCUT2D eigenvalue weighted by atomic mass is 9.88. The molecule has 0 aliphatic carbocycles. The van der Waals surface area contributed by atoms with Gasteiger partial charge in [-0.2, -0.15) is 0 Å². The molecule has 0 saturated carbocycles. The molecular weight excluding hydrogens is 386 g/mol. The maximum Gasteiger partial charge on any atom is 0.410 e. The van der Waals surface area contributed by atoms with E-state index in [4.69, 9.17) is 4.74 Å². The number of amides is 1. The van der Waals surface area contributed by atoms with Gasteiger partial charge in [0, 0.05) is 37.6 Å². The van der Waals surface area contributed by atoms with Crippen LogP contribution in [-0.4, -0.2) is 73.8 Å². The van der Waals surface area contributed by atoms with Crippen LogP contribution < -0.4 is 10.6 Å². The highest BCUT2D eigenvalue weighted by molar-refractivity contribution is 7.10. The number of nitrogens with one attached hydrogen (secondary N) is 2. The monoisotopic (exact) mass is 421 g/mol.